The Bertz CT molecular complexity index is 792. The lowest BCUT2D eigenvalue weighted by molar-refractivity contribution is -0.141. The molecule has 0 aliphatic rings. The van der Waals surface area contributed by atoms with E-state index >= 15 is 0 Å². The van der Waals surface area contributed by atoms with Gasteiger partial charge >= 0.3 is 0 Å². The molecule has 1 N–H and O–H groups in total. The second-order valence-electron chi connectivity index (χ2n) is 7.51. The predicted octanol–water partition coefficient (Wildman–Crippen LogP) is 4.81. The first-order chi connectivity index (χ1) is 13.9. The van der Waals surface area contributed by atoms with Gasteiger partial charge in [-0.3, -0.25) is 9.59 Å². The molecule has 2 amide bonds. The van der Waals surface area contributed by atoms with E-state index in [0.717, 1.165) is 16.0 Å². The van der Waals surface area contributed by atoms with Gasteiger partial charge in [-0.05, 0) is 44.9 Å². The average Bonchev–Trinajstić information content (AvgIpc) is 2.68. The molecule has 0 spiro atoms. The van der Waals surface area contributed by atoms with E-state index in [1.807, 2.05) is 76.2 Å². The summed E-state index contributed by atoms with van der Waals surface area (Å²) >= 11 is 1.67. The predicted molar refractivity (Wildman–Crippen MR) is 121 cm³/mol. The van der Waals surface area contributed by atoms with Gasteiger partial charge in [-0.2, -0.15) is 0 Å². The Morgan fingerprint density at radius 2 is 1.79 bits per heavy atom. The van der Waals surface area contributed by atoms with E-state index in [4.69, 9.17) is 0 Å². The molecule has 156 valence electrons. The maximum atomic E-state index is 13.1. The van der Waals surface area contributed by atoms with E-state index in [9.17, 15) is 9.59 Å². The van der Waals surface area contributed by atoms with Gasteiger partial charge in [0.2, 0.25) is 11.8 Å². The summed E-state index contributed by atoms with van der Waals surface area (Å²) in [6.07, 6.45) is 0.985. The van der Waals surface area contributed by atoms with E-state index in [2.05, 4.69) is 11.4 Å². The van der Waals surface area contributed by atoms with Gasteiger partial charge in [-0.25, -0.2) is 0 Å². The summed E-state index contributed by atoms with van der Waals surface area (Å²) in [5, 5.41) is 2.97. The number of benzene rings is 2. The highest BCUT2D eigenvalue weighted by Gasteiger charge is 2.28. The van der Waals surface area contributed by atoms with Crippen molar-refractivity contribution in [1.82, 2.24) is 10.2 Å². The fourth-order valence-electron chi connectivity index (χ4n) is 3.22. The summed E-state index contributed by atoms with van der Waals surface area (Å²) < 4.78 is 0. The number of thioether (sulfide) groups is 1. The van der Waals surface area contributed by atoms with E-state index < -0.39 is 6.04 Å². The molecular formula is C24H32N2O2S. The number of amides is 2. The van der Waals surface area contributed by atoms with Crippen molar-refractivity contribution in [2.75, 3.05) is 5.75 Å². The summed E-state index contributed by atoms with van der Waals surface area (Å²) in [5.74, 6) is 0.620. The largest absolute Gasteiger partial charge is 0.352 e. The Kier molecular flexibility index (Phi) is 9.26. The molecule has 0 saturated carbocycles. The third-order valence-corrected chi connectivity index (χ3v) is 5.59. The summed E-state index contributed by atoms with van der Waals surface area (Å²) in [5.41, 5.74) is 2.19. The number of carbonyl (C=O) groups is 2. The maximum absolute atomic E-state index is 13.1. The molecule has 0 radical (unpaired) electrons. The second kappa shape index (κ2) is 11.7. The van der Waals surface area contributed by atoms with E-state index in [0.29, 0.717) is 25.1 Å². The smallest absolute Gasteiger partial charge is 0.243 e. The van der Waals surface area contributed by atoms with Crippen LogP contribution in [0.2, 0.25) is 0 Å². The topological polar surface area (TPSA) is 49.4 Å². The number of hydrogen-bond donors (Lipinski definition) is 1. The molecule has 0 bridgehead atoms. The lowest BCUT2D eigenvalue weighted by atomic mass is 10.1. The van der Waals surface area contributed by atoms with Crippen LogP contribution in [0.15, 0.2) is 59.5 Å². The van der Waals surface area contributed by atoms with Crippen molar-refractivity contribution in [3.05, 3.63) is 65.7 Å². The lowest BCUT2D eigenvalue weighted by Gasteiger charge is -2.31. The van der Waals surface area contributed by atoms with Crippen LogP contribution >= 0.6 is 11.8 Å². The molecule has 0 heterocycles. The summed E-state index contributed by atoms with van der Waals surface area (Å²) in [4.78, 5) is 28.8. The molecule has 0 aliphatic heterocycles. The highest BCUT2D eigenvalue weighted by Crippen LogP contribution is 2.20. The van der Waals surface area contributed by atoms with Gasteiger partial charge in [0.1, 0.15) is 6.04 Å². The van der Waals surface area contributed by atoms with Crippen molar-refractivity contribution in [2.24, 2.45) is 0 Å². The molecule has 0 fully saturated rings. The molecule has 2 aromatic carbocycles. The van der Waals surface area contributed by atoms with Crippen molar-refractivity contribution in [1.29, 1.82) is 0 Å². The van der Waals surface area contributed by atoms with Crippen molar-refractivity contribution in [2.45, 2.75) is 64.1 Å². The van der Waals surface area contributed by atoms with Crippen molar-refractivity contribution >= 4 is 23.6 Å². The monoisotopic (exact) mass is 412 g/mol. The van der Waals surface area contributed by atoms with E-state index in [1.165, 1.54) is 0 Å². The van der Waals surface area contributed by atoms with Gasteiger partial charge in [0.15, 0.2) is 0 Å². The first kappa shape index (κ1) is 23.0. The zero-order valence-corrected chi connectivity index (χ0v) is 18.7. The van der Waals surface area contributed by atoms with E-state index in [1.54, 1.807) is 16.7 Å². The van der Waals surface area contributed by atoms with Gasteiger partial charge in [0, 0.05) is 29.7 Å². The standard InChI is InChI=1S/C24H32N2O2S/c1-5-22(24(28)25-18(2)3)26(17-20-11-9-10-19(4)16-20)23(27)14-15-29-21-12-7-6-8-13-21/h6-13,16,18,22H,5,14-15,17H2,1-4H3,(H,25,28). The molecule has 0 aromatic heterocycles. The number of nitrogens with one attached hydrogen (secondary N) is 1. The quantitative estimate of drug-likeness (QED) is 0.570. The Morgan fingerprint density at radius 3 is 2.41 bits per heavy atom. The second-order valence-corrected chi connectivity index (χ2v) is 8.68. The number of hydrogen-bond acceptors (Lipinski definition) is 3. The molecule has 1 unspecified atom stereocenters. The zero-order valence-electron chi connectivity index (χ0n) is 17.9. The highest BCUT2D eigenvalue weighted by molar-refractivity contribution is 7.99. The normalized spacial score (nSPS) is 11.9. The molecule has 2 rings (SSSR count). The van der Waals surface area contributed by atoms with Crippen molar-refractivity contribution in [3.63, 3.8) is 0 Å². The Labute approximate surface area is 179 Å². The van der Waals surface area contributed by atoms with Crippen LogP contribution < -0.4 is 5.32 Å². The first-order valence-electron chi connectivity index (χ1n) is 10.2. The third-order valence-electron chi connectivity index (χ3n) is 4.58. The average molecular weight is 413 g/mol. The van der Waals surface area contributed by atoms with Crippen LogP contribution in [0.1, 0.15) is 44.7 Å². The summed E-state index contributed by atoms with van der Waals surface area (Å²) in [6.45, 7) is 8.32. The summed E-state index contributed by atoms with van der Waals surface area (Å²) in [7, 11) is 0. The number of carbonyl (C=O) groups excluding carboxylic acids is 2. The Hall–Kier alpha value is -2.27. The van der Waals surface area contributed by atoms with Gasteiger partial charge in [0.05, 0.1) is 0 Å². The van der Waals surface area contributed by atoms with Crippen molar-refractivity contribution in [3.8, 4) is 0 Å². The molecule has 1 atom stereocenters. The Morgan fingerprint density at radius 1 is 1.07 bits per heavy atom. The first-order valence-corrected chi connectivity index (χ1v) is 11.2. The van der Waals surface area contributed by atoms with Crippen LogP contribution in [0.5, 0.6) is 0 Å². The SMILES string of the molecule is CCC(C(=O)NC(C)C)N(Cc1cccc(C)c1)C(=O)CCSc1ccccc1. The third kappa shape index (κ3) is 7.58. The fraction of sp³-hybridized carbons (Fsp3) is 0.417. The zero-order chi connectivity index (χ0) is 21.2. The summed E-state index contributed by atoms with van der Waals surface area (Å²) in [6, 6.07) is 17.8. The van der Waals surface area contributed by atoms with Gasteiger partial charge in [0.25, 0.3) is 0 Å². The van der Waals surface area contributed by atoms with Gasteiger partial charge in [-0.15, -0.1) is 11.8 Å². The van der Waals surface area contributed by atoms with Crippen LogP contribution in [-0.2, 0) is 16.1 Å². The maximum Gasteiger partial charge on any atom is 0.243 e. The number of aryl methyl sites for hydroxylation is 1. The van der Waals surface area contributed by atoms with Crippen LogP contribution in [0.4, 0.5) is 0 Å². The van der Waals surface area contributed by atoms with Crippen LogP contribution in [0.3, 0.4) is 0 Å². The van der Waals surface area contributed by atoms with E-state index in [-0.39, 0.29) is 17.9 Å². The van der Waals surface area contributed by atoms with Crippen LogP contribution in [-0.4, -0.2) is 34.6 Å². The molecule has 5 heteroatoms. The molecule has 2 aromatic rings. The molecule has 0 aliphatic carbocycles. The molecular weight excluding hydrogens is 380 g/mol. The van der Waals surface area contributed by atoms with Crippen LogP contribution in [0, 0.1) is 6.92 Å². The van der Waals surface area contributed by atoms with Crippen molar-refractivity contribution < 1.29 is 9.59 Å². The number of nitrogens with zero attached hydrogens (tertiary/aromatic N) is 1. The van der Waals surface area contributed by atoms with Crippen LogP contribution in [0.25, 0.3) is 0 Å². The Balaban J connectivity index is 2.13. The highest BCUT2D eigenvalue weighted by atomic mass is 32.2. The lowest BCUT2D eigenvalue weighted by Crippen LogP contribution is -2.50. The minimum Gasteiger partial charge on any atom is -0.352 e. The minimum atomic E-state index is -0.466. The molecule has 4 nitrogen and oxygen atoms in total. The van der Waals surface area contributed by atoms with Gasteiger partial charge < -0.3 is 10.2 Å². The minimum absolute atomic E-state index is 0.0145. The number of rotatable bonds is 10. The van der Waals surface area contributed by atoms with Gasteiger partial charge in [-0.1, -0.05) is 55.0 Å². The fourth-order valence-corrected chi connectivity index (χ4v) is 4.09. The molecule has 29 heavy (non-hydrogen) atoms. The molecule has 0 saturated heterocycles.